The maximum Gasteiger partial charge on any atom is 0.285 e. The number of rotatable bonds is 4. The van der Waals surface area contributed by atoms with Crippen molar-refractivity contribution in [3.8, 4) is 0 Å². The van der Waals surface area contributed by atoms with Crippen LogP contribution >= 0.6 is 0 Å². The minimum absolute atomic E-state index is 0.0529. The number of nitrogens with zero attached hydrogens (tertiary/aromatic N) is 3. The average molecular weight is 349 g/mol. The number of nitro benzene ring substituents is 2. The van der Waals surface area contributed by atoms with Crippen LogP contribution in [0, 0.1) is 20.2 Å². The SMILES string of the molecule is CS(=O)(=NC(=O)c1ccc([N+](=O)[O-])cc1)c1ccc([N+](=O)[O-])cc1. The Morgan fingerprint density at radius 3 is 1.75 bits per heavy atom. The van der Waals surface area contributed by atoms with E-state index < -0.39 is 25.5 Å². The summed E-state index contributed by atoms with van der Waals surface area (Å²) < 4.78 is 16.2. The van der Waals surface area contributed by atoms with E-state index in [4.69, 9.17) is 0 Å². The van der Waals surface area contributed by atoms with Crippen LogP contribution in [-0.2, 0) is 9.73 Å². The molecule has 0 radical (unpaired) electrons. The zero-order valence-electron chi connectivity index (χ0n) is 12.3. The van der Waals surface area contributed by atoms with Gasteiger partial charge in [-0.1, -0.05) is 0 Å². The summed E-state index contributed by atoms with van der Waals surface area (Å²) in [6.07, 6.45) is 1.23. The smallest absolute Gasteiger partial charge is 0.266 e. The fraction of sp³-hybridized carbons (Fsp3) is 0.0714. The van der Waals surface area contributed by atoms with E-state index in [-0.39, 0.29) is 21.8 Å². The first kappa shape index (κ1) is 17.2. The van der Waals surface area contributed by atoms with Crippen LogP contribution in [0.15, 0.2) is 57.8 Å². The summed E-state index contributed by atoms with van der Waals surface area (Å²) in [7, 11) is -3.11. The highest BCUT2D eigenvalue weighted by atomic mass is 32.2. The van der Waals surface area contributed by atoms with E-state index in [2.05, 4.69) is 4.36 Å². The molecule has 1 amide bonds. The monoisotopic (exact) mass is 349 g/mol. The first-order valence-corrected chi connectivity index (χ1v) is 8.38. The van der Waals surface area contributed by atoms with Crippen molar-refractivity contribution in [1.82, 2.24) is 0 Å². The Bertz CT molecular complexity index is 928. The molecular weight excluding hydrogens is 338 g/mol. The molecule has 0 aliphatic carbocycles. The van der Waals surface area contributed by atoms with Crippen LogP contribution in [-0.4, -0.2) is 26.2 Å². The molecule has 0 saturated carbocycles. The molecule has 0 heterocycles. The van der Waals surface area contributed by atoms with Gasteiger partial charge in [0.15, 0.2) is 0 Å². The zero-order chi connectivity index (χ0) is 17.9. The van der Waals surface area contributed by atoms with Crippen molar-refractivity contribution in [1.29, 1.82) is 0 Å². The molecule has 9 nitrogen and oxygen atoms in total. The van der Waals surface area contributed by atoms with Gasteiger partial charge in [0.1, 0.15) is 0 Å². The molecule has 0 N–H and O–H groups in total. The standard InChI is InChI=1S/C14H11N3O6S/c1-24(23,13-8-6-12(7-9-13)17(21)22)15-14(18)10-2-4-11(5-3-10)16(19)20/h2-9H,1H3. The third kappa shape index (κ3) is 3.79. The predicted molar refractivity (Wildman–Crippen MR) is 85.3 cm³/mol. The molecule has 0 bridgehead atoms. The highest BCUT2D eigenvalue weighted by molar-refractivity contribution is 7.93. The Kier molecular flexibility index (Phi) is 4.69. The normalized spacial score (nSPS) is 12.9. The Morgan fingerprint density at radius 2 is 1.33 bits per heavy atom. The lowest BCUT2D eigenvalue weighted by atomic mass is 10.2. The van der Waals surface area contributed by atoms with Gasteiger partial charge in [0.05, 0.1) is 19.6 Å². The summed E-state index contributed by atoms with van der Waals surface area (Å²) >= 11 is 0. The average Bonchev–Trinajstić information content (AvgIpc) is 2.54. The predicted octanol–water partition coefficient (Wildman–Crippen LogP) is 2.80. The summed E-state index contributed by atoms with van der Waals surface area (Å²) in [5, 5.41) is 21.2. The highest BCUT2D eigenvalue weighted by Crippen LogP contribution is 2.19. The van der Waals surface area contributed by atoms with Gasteiger partial charge in [0, 0.05) is 41.0 Å². The Morgan fingerprint density at radius 1 is 0.917 bits per heavy atom. The number of benzene rings is 2. The molecule has 0 aliphatic heterocycles. The lowest BCUT2D eigenvalue weighted by molar-refractivity contribution is -0.385. The zero-order valence-corrected chi connectivity index (χ0v) is 13.1. The van der Waals surface area contributed by atoms with E-state index in [1.807, 2.05) is 0 Å². The fourth-order valence-corrected chi connectivity index (χ4v) is 2.98. The highest BCUT2D eigenvalue weighted by Gasteiger charge is 2.14. The second kappa shape index (κ2) is 6.54. The van der Waals surface area contributed by atoms with Gasteiger partial charge in [0.25, 0.3) is 17.3 Å². The third-order valence-corrected chi connectivity index (χ3v) is 4.73. The molecule has 124 valence electrons. The third-order valence-electron chi connectivity index (χ3n) is 3.07. The first-order valence-electron chi connectivity index (χ1n) is 6.46. The van der Waals surface area contributed by atoms with E-state index in [0.29, 0.717) is 0 Å². The molecule has 2 rings (SSSR count). The minimum Gasteiger partial charge on any atom is -0.266 e. The summed E-state index contributed by atoms with van der Waals surface area (Å²) in [4.78, 5) is 32.2. The number of carbonyl (C=O) groups excluding carboxylic acids is 1. The number of carbonyl (C=O) groups is 1. The molecule has 0 spiro atoms. The summed E-state index contributed by atoms with van der Waals surface area (Å²) in [6.45, 7) is 0. The van der Waals surface area contributed by atoms with Crippen LogP contribution in [0.3, 0.4) is 0 Å². The van der Waals surface area contributed by atoms with Gasteiger partial charge in [-0.15, -0.1) is 0 Å². The Hall–Kier alpha value is -3.14. The van der Waals surface area contributed by atoms with Crippen molar-refractivity contribution >= 4 is 27.0 Å². The number of non-ortho nitro benzene ring substituents is 2. The summed E-state index contributed by atoms with van der Waals surface area (Å²) in [5.41, 5.74) is -0.299. The second-order valence-electron chi connectivity index (χ2n) is 4.75. The summed E-state index contributed by atoms with van der Waals surface area (Å²) in [5.74, 6) is -0.796. The van der Waals surface area contributed by atoms with E-state index in [9.17, 15) is 29.2 Å². The minimum atomic E-state index is -3.11. The van der Waals surface area contributed by atoms with Crippen LogP contribution in [0.1, 0.15) is 10.4 Å². The largest absolute Gasteiger partial charge is 0.285 e. The Balaban J connectivity index is 2.33. The van der Waals surface area contributed by atoms with Crippen molar-refractivity contribution < 1.29 is 18.9 Å². The quantitative estimate of drug-likeness (QED) is 0.615. The van der Waals surface area contributed by atoms with E-state index in [0.717, 1.165) is 12.1 Å². The van der Waals surface area contributed by atoms with Gasteiger partial charge in [-0.05, 0) is 24.3 Å². The van der Waals surface area contributed by atoms with Crippen molar-refractivity contribution in [3.63, 3.8) is 0 Å². The van der Waals surface area contributed by atoms with Gasteiger partial charge < -0.3 is 0 Å². The van der Waals surface area contributed by atoms with E-state index in [1.165, 1.54) is 42.7 Å². The second-order valence-corrected chi connectivity index (χ2v) is 7.01. The van der Waals surface area contributed by atoms with Crippen molar-refractivity contribution in [2.45, 2.75) is 4.90 Å². The van der Waals surface area contributed by atoms with Gasteiger partial charge in [-0.2, -0.15) is 4.36 Å². The maximum absolute atomic E-state index is 12.6. The molecule has 0 saturated heterocycles. The number of hydrogen-bond donors (Lipinski definition) is 0. The molecule has 24 heavy (non-hydrogen) atoms. The fourth-order valence-electron chi connectivity index (χ4n) is 1.81. The topological polar surface area (TPSA) is 133 Å². The molecule has 0 fully saturated rings. The van der Waals surface area contributed by atoms with Crippen molar-refractivity contribution in [2.75, 3.05) is 6.26 Å². The van der Waals surface area contributed by atoms with Gasteiger partial charge in [-0.3, -0.25) is 25.0 Å². The molecular formula is C14H11N3O6S. The number of amides is 1. The van der Waals surface area contributed by atoms with Gasteiger partial charge in [0.2, 0.25) is 0 Å². The number of nitro groups is 2. The molecule has 10 heteroatoms. The summed E-state index contributed by atoms with van der Waals surface area (Å²) in [6, 6.07) is 9.61. The molecule has 1 unspecified atom stereocenters. The molecule has 2 aromatic rings. The van der Waals surface area contributed by atoms with Crippen molar-refractivity contribution in [2.24, 2.45) is 4.36 Å². The number of hydrogen-bond acceptors (Lipinski definition) is 6. The lowest BCUT2D eigenvalue weighted by Crippen LogP contribution is -2.04. The van der Waals surface area contributed by atoms with Gasteiger partial charge in [-0.25, -0.2) is 4.21 Å². The molecule has 2 aromatic carbocycles. The van der Waals surface area contributed by atoms with Crippen LogP contribution in [0.5, 0.6) is 0 Å². The molecule has 1 atom stereocenters. The van der Waals surface area contributed by atoms with Crippen LogP contribution in [0.4, 0.5) is 11.4 Å². The Labute approximate surface area is 136 Å². The van der Waals surface area contributed by atoms with Crippen LogP contribution < -0.4 is 0 Å². The van der Waals surface area contributed by atoms with Crippen molar-refractivity contribution in [3.05, 3.63) is 74.3 Å². The van der Waals surface area contributed by atoms with Gasteiger partial charge >= 0.3 is 0 Å². The molecule has 0 aromatic heterocycles. The lowest BCUT2D eigenvalue weighted by Gasteiger charge is -2.04. The molecule has 0 aliphatic rings. The van der Waals surface area contributed by atoms with E-state index in [1.54, 1.807) is 0 Å². The van der Waals surface area contributed by atoms with Crippen LogP contribution in [0.2, 0.25) is 0 Å². The van der Waals surface area contributed by atoms with E-state index >= 15 is 0 Å². The van der Waals surface area contributed by atoms with Crippen LogP contribution in [0.25, 0.3) is 0 Å². The maximum atomic E-state index is 12.6. The first-order chi connectivity index (χ1) is 11.2.